The van der Waals surface area contributed by atoms with Gasteiger partial charge in [-0.05, 0) is 72.5 Å². The molecule has 0 saturated carbocycles. The lowest BCUT2D eigenvalue weighted by Gasteiger charge is -2.25. The third-order valence-corrected chi connectivity index (χ3v) is 6.91. The molecule has 10 nitrogen and oxygen atoms in total. The molecule has 0 aliphatic carbocycles. The molecule has 42 heavy (non-hydrogen) atoms. The Morgan fingerprint density at radius 1 is 1.17 bits per heavy atom. The zero-order chi connectivity index (χ0) is 30.2. The van der Waals surface area contributed by atoms with Crippen molar-refractivity contribution in [2.75, 3.05) is 20.2 Å². The Balaban J connectivity index is 1.56. The number of amides is 3. The van der Waals surface area contributed by atoms with Crippen LogP contribution >= 0.6 is 11.6 Å². The number of methoxy groups -OCH3 is 1. The number of oxime groups is 1. The molecule has 0 bridgehead atoms. The molecule has 0 radical (unpaired) electrons. The van der Waals surface area contributed by atoms with E-state index in [2.05, 4.69) is 15.8 Å². The Morgan fingerprint density at radius 3 is 2.55 bits per heavy atom. The second-order valence-electron chi connectivity index (χ2n) is 9.73. The Bertz CT molecular complexity index is 1470. The van der Waals surface area contributed by atoms with Crippen molar-refractivity contribution in [1.29, 1.82) is 0 Å². The summed E-state index contributed by atoms with van der Waals surface area (Å²) >= 11 is 6.20. The first kappa shape index (κ1) is 30.3. The van der Waals surface area contributed by atoms with Crippen LogP contribution in [0.3, 0.4) is 0 Å². The van der Waals surface area contributed by atoms with Gasteiger partial charge in [-0.1, -0.05) is 41.0 Å². The van der Waals surface area contributed by atoms with Gasteiger partial charge in [-0.15, -0.1) is 0 Å². The van der Waals surface area contributed by atoms with E-state index in [4.69, 9.17) is 26.3 Å². The van der Waals surface area contributed by atoms with E-state index >= 15 is 0 Å². The molecule has 1 fully saturated rings. The highest BCUT2D eigenvalue weighted by Crippen LogP contribution is 2.27. The van der Waals surface area contributed by atoms with Crippen molar-refractivity contribution < 1.29 is 33.5 Å². The second kappa shape index (κ2) is 13.8. The minimum Gasteiger partial charge on any atom is -0.496 e. The number of amidine groups is 1. The van der Waals surface area contributed by atoms with Crippen LogP contribution in [0.2, 0.25) is 5.02 Å². The molecule has 12 heteroatoms. The van der Waals surface area contributed by atoms with Gasteiger partial charge in [-0.25, -0.2) is 9.18 Å². The van der Waals surface area contributed by atoms with Gasteiger partial charge < -0.3 is 25.3 Å². The van der Waals surface area contributed by atoms with Crippen LogP contribution in [-0.2, 0) is 22.4 Å². The largest absolute Gasteiger partial charge is 0.496 e. The third-order valence-electron chi connectivity index (χ3n) is 6.68. The molecular weight excluding hydrogens is 567 g/mol. The Kier molecular flexibility index (Phi) is 9.98. The Labute approximate surface area is 247 Å². The first-order chi connectivity index (χ1) is 20.1. The number of carbonyl (C=O) groups is 3. The van der Waals surface area contributed by atoms with Gasteiger partial charge in [0.2, 0.25) is 5.91 Å². The van der Waals surface area contributed by atoms with Crippen molar-refractivity contribution in [3.63, 3.8) is 0 Å². The zero-order valence-electron chi connectivity index (χ0n) is 23.0. The number of imide groups is 1. The highest BCUT2D eigenvalue weighted by molar-refractivity contribution is 6.30. The van der Waals surface area contributed by atoms with Crippen molar-refractivity contribution in [1.82, 2.24) is 15.5 Å². The predicted octanol–water partition coefficient (Wildman–Crippen LogP) is 4.57. The summed E-state index contributed by atoms with van der Waals surface area (Å²) in [6.07, 6.45) is 0.114. The molecule has 1 aliphatic rings. The first-order valence-corrected chi connectivity index (χ1v) is 13.5. The second-order valence-corrected chi connectivity index (χ2v) is 10.2. The van der Waals surface area contributed by atoms with Crippen LogP contribution in [0.5, 0.6) is 11.5 Å². The first-order valence-electron chi connectivity index (χ1n) is 13.1. The molecule has 0 aromatic heterocycles. The highest BCUT2D eigenvalue weighted by atomic mass is 35.5. The van der Waals surface area contributed by atoms with Crippen LogP contribution < -0.4 is 20.2 Å². The number of urea groups is 1. The van der Waals surface area contributed by atoms with Gasteiger partial charge in [-0.3, -0.25) is 14.5 Å². The quantitative estimate of drug-likeness (QED) is 0.309. The normalized spacial score (nSPS) is 16.8. The number of benzene rings is 3. The third kappa shape index (κ3) is 7.97. The molecule has 3 amide bonds. The minimum absolute atomic E-state index is 0.114. The van der Waals surface area contributed by atoms with E-state index in [1.54, 1.807) is 49.4 Å². The van der Waals surface area contributed by atoms with Crippen LogP contribution in [0.1, 0.15) is 29.7 Å². The summed E-state index contributed by atoms with van der Waals surface area (Å²) in [6, 6.07) is 16.0. The summed E-state index contributed by atoms with van der Waals surface area (Å²) in [5, 5.41) is 19.5. The maximum atomic E-state index is 13.8. The number of hydrogen-bond donors (Lipinski definition) is 3. The number of rotatable bonds is 9. The number of halogens is 2. The number of carboxylic acids is 1. The van der Waals surface area contributed by atoms with Crippen LogP contribution in [0.25, 0.3) is 0 Å². The molecule has 1 saturated heterocycles. The van der Waals surface area contributed by atoms with Crippen molar-refractivity contribution in [3.05, 3.63) is 94.3 Å². The SMILES string of the molecule is COc1ccc(Cl)cc1C[C@@H]1CN/C(=N\Oc2ccc(F)cc2)CN(C(=O)NC(C)c2ccc(CC(=O)O)cc2)C1=O. The van der Waals surface area contributed by atoms with E-state index in [1.807, 2.05) is 0 Å². The van der Waals surface area contributed by atoms with Gasteiger partial charge in [0.05, 0.1) is 32.0 Å². The van der Waals surface area contributed by atoms with E-state index in [0.29, 0.717) is 21.9 Å². The smallest absolute Gasteiger partial charge is 0.325 e. The molecule has 3 aromatic rings. The fourth-order valence-corrected chi connectivity index (χ4v) is 4.64. The number of hydrogen-bond acceptors (Lipinski definition) is 6. The van der Waals surface area contributed by atoms with Gasteiger partial charge >= 0.3 is 12.0 Å². The lowest BCUT2D eigenvalue weighted by Crippen LogP contribution is -2.48. The molecular formula is C30H30ClFN4O6. The van der Waals surface area contributed by atoms with Crippen molar-refractivity contribution in [3.8, 4) is 11.5 Å². The summed E-state index contributed by atoms with van der Waals surface area (Å²) < 4.78 is 18.7. The van der Waals surface area contributed by atoms with Crippen molar-refractivity contribution in [2.45, 2.75) is 25.8 Å². The number of nitrogens with one attached hydrogen (secondary N) is 2. The van der Waals surface area contributed by atoms with E-state index < -0.39 is 35.7 Å². The topological polar surface area (TPSA) is 130 Å². The highest BCUT2D eigenvalue weighted by Gasteiger charge is 2.34. The minimum atomic E-state index is -0.941. The molecule has 0 spiro atoms. The van der Waals surface area contributed by atoms with Crippen molar-refractivity contribution in [2.24, 2.45) is 11.1 Å². The average molecular weight is 597 g/mol. The van der Waals surface area contributed by atoms with Gasteiger partial charge in [0.1, 0.15) is 11.6 Å². The summed E-state index contributed by atoms with van der Waals surface area (Å²) in [5.41, 5.74) is 2.05. The Hall–Kier alpha value is -4.64. The van der Waals surface area contributed by atoms with Crippen molar-refractivity contribution >= 4 is 35.3 Å². The van der Waals surface area contributed by atoms with Gasteiger partial charge in [-0.2, -0.15) is 0 Å². The summed E-state index contributed by atoms with van der Waals surface area (Å²) in [7, 11) is 1.52. The van der Waals surface area contributed by atoms with E-state index in [0.717, 1.165) is 10.5 Å². The monoisotopic (exact) mass is 596 g/mol. The molecule has 3 aromatic carbocycles. The van der Waals surface area contributed by atoms with Gasteiger partial charge in [0, 0.05) is 11.6 Å². The lowest BCUT2D eigenvalue weighted by molar-refractivity contribution is -0.136. The van der Waals surface area contributed by atoms with Gasteiger partial charge in [0.25, 0.3) is 0 Å². The zero-order valence-corrected chi connectivity index (χ0v) is 23.7. The standard InChI is InChI=1S/C30H30ClFN4O6/c1-18(20-5-3-19(4-6-20)13-28(37)38)34-30(40)36-17-27(35-42-25-10-8-24(32)9-11-25)33-16-22(29(36)39)14-21-15-23(31)7-12-26(21)41-2/h3-12,15,18,22H,13-14,16-17H2,1-2H3,(H,33,35)(H,34,40)(H,37,38)/t18?,22-/m1/s1. The van der Waals surface area contributed by atoms with Crippen LogP contribution in [0, 0.1) is 11.7 Å². The summed E-state index contributed by atoms with van der Waals surface area (Å²) in [5.74, 6) is -1.46. The number of carbonyl (C=O) groups excluding carboxylic acids is 2. The molecule has 1 heterocycles. The van der Waals surface area contributed by atoms with Crippen LogP contribution in [0.15, 0.2) is 71.9 Å². The number of nitrogens with zero attached hydrogens (tertiary/aromatic N) is 2. The molecule has 4 rings (SSSR count). The van der Waals surface area contributed by atoms with Crippen LogP contribution in [0.4, 0.5) is 9.18 Å². The molecule has 2 atom stereocenters. The Morgan fingerprint density at radius 2 is 1.88 bits per heavy atom. The van der Waals surface area contributed by atoms with Crippen LogP contribution in [-0.4, -0.2) is 53.9 Å². The van der Waals surface area contributed by atoms with E-state index in [-0.39, 0.29) is 37.5 Å². The number of carboxylic acid groups (broad SMARTS) is 1. The lowest BCUT2D eigenvalue weighted by atomic mass is 9.97. The molecule has 1 aliphatic heterocycles. The average Bonchev–Trinajstić information content (AvgIpc) is 3.11. The number of ether oxygens (including phenoxy) is 1. The fourth-order valence-electron chi connectivity index (χ4n) is 4.45. The van der Waals surface area contributed by atoms with E-state index in [9.17, 15) is 18.8 Å². The molecule has 3 N–H and O–H groups in total. The molecule has 1 unspecified atom stereocenters. The van der Waals surface area contributed by atoms with E-state index in [1.165, 1.54) is 31.4 Å². The molecule has 220 valence electrons. The summed E-state index contributed by atoms with van der Waals surface area (Å²) in [4.78, 5) is 44.7. The maximum absolute atomic E-state index is 13.8. The predicted molar refractivity (Wildman–Crippen MR) is 154 cm³/mol. The summed E-state index contributed by atoms with van der Waals surface area (Å²) in [6.45, 7) is 1.69. The van der Waals surface area contributed by atoms with Gasteiger partial charge in [0.15, 0.2) is 11.6 Å². The fraction of sp³-hybridized carbons (Fsp3) is 0.267. The maximum Gasteiger partial charge on any atom is 0.325 e. The number of aliphatic carboxylic acids is 1.